The number of methoxy groups -OCH3 is 2. The Morgan fingerprint density at radius 3 is 2.38 bits per heavy atom. The van der Waals surface area contributed by atoms with Crippen molar-refractivity contribution in [2.24, 2.45) is 0 Å². The van der Waals surface area contributed by atoms with Crippen LogP contribution in [0.1, 0.15) is 22.8 Å². The molecule has 2 aromatic carbocycles. The summed E-state index contributed by atoms with van der Waals surface area (Å²) in [4.78, 5) is 0. The van der Waals surface area contributed by atoms with Gasteiger partial charge in [0.2, 0.25) is 0 Å². The smallest absolute Gasteiger partial charge is 0.128 e. The molecule has 21 heavy (non-hydrogen) atoms. The molecule has 0 aromatic heterocycles. The molecule has 0 spiro atoms. The molecule has 0 bridgehead atoms. The van der Waals surface area contributed by atoms with Crippen LogP contribution in [-0.4, -0.2) is 25.9 Å². The molecule has 0 fully saturated rings. The molecule has 110 valence electrons. The van der Waals surface area contributed by atoms with Gasteiger partial charge in [-0.25, -0.2) is 0 Å². The second-order valence-corrected chi connectivity index (χ2v) is 4.91. The fraction of sp³-hybridized carbons (Fsp3) is 0.294. The van der Waals surface area contributed by atoms with Gasteiger partial charge in [-0.1, -0.05) is 24.3 Å². The predicted octanol–water partition coefficient (Wildman–Crippen LogP) is 2.72. The molecule has 1 aliphatic rings. The molecule has 1 aliphatic heterocycles. The van der Waals surface area contributed by atoms with Crippen molar-refractivity contribution in [3.8, 4) is 17.2 Å². The van der Waals surface area contributed by atoms with Gasteiger partial charge >= 0.3 is 0 Å². The summed E-state index contributed by atoms with van der Waals surface area (Å²) in [6.07, 6.45) is 0.0167. The molecule has 1 unspecified atom stereocenters. The zero-order valence-corrected chi connectivity index (χ0v) is 12.1. The van der Waals surface area contributed by atoms with E-state index in [1.54, 1.807) is 14.2 Å². The average molecular weight is 286 g/mol. The zero-order chi connectivity index (χ0) is 14.8. The first-order valence-corrected chi connectivity index (χ1v) is 6.89. The fourth-order valence-corrected chi connectivity index (χ4v) is 2.76. The van der Waals surface area contributed by atoms with E-state index in [2.05, 4.69) is 0 Å². The van der Waals surface area contributed by atoms with Crippen LogP contribution in [0.3, 0.4) is 0 Å². The Balaban J connectivity index is 2.11. The molecule has 4 nitrogen and oxygen atoms in total. The molecule has 0 radical (unpaired) electrons. The normalized spacial score (nSPS) is 14.2. The number of para-hydroxylation sites is 1. The maximum absolute atomic E-state index is 10.8. The van der Waals surface area contributed by atoms with Crippen molar-refractivity contribution in [1.29, 1.82) is 0 Å². The topological polar surface area (TPSA) is 47.9 Å². The summed E-state index contributed by atoms with van der Waals surface area (Å²) in [5, 5.41) is 10.8. The number of aliphatic hydroxyl groups excluding tert-OH is 1. The van der Waals surface area contributed by atoms with Crippen LogP contribution in [0.2, 0.25) is 0 Å². The second kappa shape index (κ2) is 5.66. The van der Waals surface area contributed by atoms with Crippen molar-refractivity contribution in [1.82, 2.24) is 0 Å². The third-order valence-electron chi connectivity index (χ3n) is 3.78. The lowest BCUT2D eigenvalue weighted by atomic mass is 9.97. The van der Waals surface area contributed by atoms with Gasteiger partial charge in [0.15, 0.2) is 0 Å². The fourth-order valence-electron chi connectivity index (χ4n) is 2.76. The van der Waals surface area contributed by atoms with Gasteiger partial charge in [0.1, 0.15) is 23.4 Å². The lowest BCUT2D eigenvalue weighted by Crippen LogP contribution is -2.06. The Bertz CT molecular complexity index is 629. The number of rotatable bonds is 4. The van der Waals surface area contributed by atoms with Crippen molar-refractivity contribution in [3.05, 3.63) is 53.1 Å². The Morgan fingerprint density at radius 1 is 1.05 bits per heavy atom. The lowest BCUT2D eigenvalue weighted by Gasteiger charge is -2.20. The maximum atomic E-state index is 10.8. The van der Waals surface area contributed by atoms with Crippen molar-refractivity contribution in [3.63, 3.8) is 0 Å². The third-order valence-corrected chi connectivity index (χ3v) is 3.78. The highest BCUT2D eigenvalue weighted by atomic mass is 16.5. The molecule has 1 heterocycles. The first-order chi connectivity index (χ1) is 10.3. The Morgan fingerprint density at radius 2 is 1.71 bits per heavy atom. The van der Waals surface area contributed by atoms with Crippen molar-refractivity contribution >= 4 is 0 Å². The first-order valence-electron chi connectivity index (χ1n) is 6.89. The molecule has 4 heteroatoms. The number of ether oxygens (including phenoxy) is 3. The zero-order valence-electron chi connectivity index (χ0n) is 12.1. The molecule has 0 saturated carbocycles. The second-order valence-electron chi connectivity index (χ2n) is 4.91. The van der Waals surface area contributed by atoms with E-state index < -0.39 is 6.10 Å². The van der Waals surface area contributed by atoms with Crippen LogP contribution in [0.5, 0.6) is 17.2 Å². The van der Waals surface area contributed by atoms with Gasteiger partial charge in [0.05, 0.1) is 26.4 Å². The lowest BCUT2D eigenvalue weighted by molar-refractivity contribution is 0.203. The van der Waals surface area contributed by atoms with Gasteiger partial charge in [-0.15, -0.1) is 0 Å². The standard InChI is InChI=1S/C17H18O4/c1-19-13-7-4-8-14(20-2)15(13)16(18)12-6-3-5-11-9-10-21-17(11)12/h3-8,16,18H,9-10H2,1-2H3. The van der Waals surface area contributed by atoms with Crippen molar-refractivity contribution in [2.75, 3.05) is 20.8 Å². The van der Waals surface area contributed by atoms with Crippen molar-refractivity contribution in [2.45, 2.75) is 12.5 Å². The van der Waals surface area contributed by atoms with Crippen molar-refractivity contribution < 1.29 is 19.3 Å². The highest BCUT2D eigenvalue weighted by molar-refractivity contribution is 5.54. The van der Waals surface area contributed by atoms with Gasteiger partial charge < -0.3 is 19.3 Å². The molecule has 1 atom stereocenters. The number of hydrogen-bond donors (Lipinski definition) is 1. The van der Waals surface area contributed by atoms with Gasteiger partial charge in [0.25, 0.3) is 0 Å². The minimum absolute atomic E-state index is 0.595. The van der Waals surface area contributed by atoms with E-state index in [1.807, 2.05) is 36.4 Å². The monoisotopic (exact) mass is 286 g/mol. The molecule has 1 N–H and O–H groups in total. The summed E-state index contributed by atoms with van der Waals surface area (Å²) in [6.45, 7) is 0.655. The molecule has 3 rings (SSSR count). The van der Waals surface area contributed by atoms with Crippen LogP contribution in [0.4, 0.5) is 0 Å². The van der Waals surface area contributed by atoms with E-state index in [0.717, 1.165) is 23.3 Å². The summed E-state index contributed by atoms with van der Waals surface area (Å²) in [7, 11) is 3.16. The van der Waals surface area contributed by atoms with Crippen LogP contribution in [0.25, 0.3) is 0 Å². The first kappa shape index (κ1) is 13.8. The van der Waals surface area contributed by atoms with E-state index in [-0.39, 0.29) is 0 Å². The van der Waals surface area contributed by atoms with Gasteiger partial charge in [0, 0.05) is 12.0 Å². The van der Waals surface area contributed by atoms with Crippen LogP contribution in [0.15, 0.2) is 36.4 Å². The van der Waals surface area contributed by atoms with Gasteiger partial charge in [-0.3, -0.25) is 0 Å². The highest BCUT2D eigenvalue weighted by Gasteiger charge is 2.26. The molecule has 0 saturated heterocycles. The third kappa shape index (κ3) is 2.32. The molecular formula is C17H18O4. The van der Waals surface area contributed by atoms with Crippen LogP contribution < -0.4 is 14.2 Å². The summed E-state index contributed by atoms with van der Waals surface area (Å²) < 4.78 is 16.4. The van der Waals surface area contributed by atoms with E-state index in [9.17, 15) is 5.11 Å². The van der Waals surface area contributed by atoms with Crippen LogP contribution >= 0.6 is 0 Å². The SMILES string of the molecule is COc1cccc(OC)c1C(O)c1cccc2c1OCC2. The van der Waals surface area contributed by atoms with Gasteiger partial charge in [-0.2, -0.15) is 0 Å². The summed E-state index contributed by atoms with van der Waals surface area (Å²) in [5.41, 5.74) is 2.49. The predicted molar refractivity (Wildman–Crippen MR) is 79.2 cm³/mol. The Kier molecular flexibility index (Phi) is 3.71. The average Bonchev–Trinajstić information content (AvgIpc) is 3.01. The van der Waals surface area contributed by atoms with Crippen LogP contribution in [0, 0.1) is 0 Å². The number of benzene rings is 2. The quantitative estimate of drug-likeness (QED) is 0.939. The minimum Gasteiger partial charge on any atom is -0.496 e. The van der Waals surface area contributed by atoms with E-state index in [4.69, 9.17) is 14.2 Å². The minimum atomic E-state index is -0.857. The molecule has 0 amide bonds. The number of aliphatic hydroxyl groups is 1. The van der Waals surface area contributed by atoms with E-state index in [0.29, 0.717) is 23.7 Å². The van der Waals surface area contributed by atoms with E-state index >= 15 is 0 Å². The molecule has 2 aromatic rings. The van der Waals surface area contributed by atoms with Crippen LogP contribution in [-0.2, 0) is 6.42 Å². The maximum Gasteiger partial charge on any atom is 0.128 e. The van der Waals surface area contributed by atoms with Gasteiger partial charge in [-0.05, 0) is 17.7 Å². The largest absolute Gasteiger partial charge is 0.496 e. The van der Waals surface area contributed by atoms with E-state index in [1.165, 1.54) is 0 Å². The Hall–Kier alpha value is -2.20. The summed E-state index contributed by atoms with van der Waals surface area (Å²) >= 11 is 0. The Labute approximate surface area is 123 Å². The number of fused-ring (bicyclic) bond motifs is 1. The highest BCUT2D eigenvalue weighted by Crippen LogP contribution is 2.42. The summed E-state index contributed by atoms with van der Waals surface area (Å²) in [6, 6.07) is 11.3. The molecular weight excluding hydrogens is 268 g/mol. The molecule has 0 aliphatic carbocycles. The summed E-state index contributed by atoms with van der Waals surface area (Å²) in [5.74, 6) is 1.97. The number of hydrogen-bond acceptors (Lipinski definition) is 4.